The van der Waals surface area contributed by atoms with Gasteiger partial charge in [-0.05, 0) is 103 Å². The van der Waals surface area contributed by atoms with Crippen molar-refractivity contribution in [3.05, 3.63) is 133 Å². The van der Waals surface area contributed by atoms with E-state index in [1.807, 2.05) is 31.2 Å². The number of allylic oxidation sites excluding steroid dienone is 3. The highest BCUT2D eigenvalue weighted by Gasteiger charge is 2.18. The largest absolute Gasteiger partial charge is 0.457 e. The molecule has 0 amide bonds. The Morgan fingerprint density at radius 2 is 1.51 bits per heavy atom. The van der Waals surface area contributed by atoms with Crippen molar-refractivity contribution in [2.24, 2.45) is 0 Å². The van der Waals surface area contributed by atoms with Crippen molar-refractivity contribution in [2.75, 3.05) is 0 Å². The van der Waals surface area contributed by atoms with Crippen LogP contribution in [0, 0.1) is 5.82 Å². The zero-order chi connectivity index (χ0) is 30.9. The van der Waals surface area contributed by atoms with Crippen LogP contribution < -0.4 is 18.9 Å². The fourth-order valence-corrected chi connectivity index (χ4v) is 4.26. The van der Waals surface area contributed by atoms with Crippen LogP contribution in [0.4, 0.5) is 4.39 Å². The van der Waals surface area contributed by atoms with Gasteiger partial charge in [0.2, 0.25) is 0 Å². The number of rotatable bonds is 13. The molecule has 0 heterocycles. The van der Waals surface area contributed by atoms with E-state index in [4.69, 9.17) is 18.9 Å². The zero-order valence-corrected chi connectivity index (χ0v) is 24.1. The van der Waals surface area contributed by atoms with Gasteiger partial charge in [0, 0.05) is 12.5 Å². The highest BCUT2D eigenvalue weighted by Crippen LogP contribution is 2.34. The first-order valence-corrected chi connectivity index (χ1v) is 13.8. The molecule has 0 aliphatic heterocycles. The van der Waals surface area contributed by atoms with Gasteiger partial charge in [0.25, 0.3) is 0 Å². The molecule has 0 unspecified atom stereocenters. The number of esters is 2. The summed E-state index contributed by atoms with van der Waals surface area (Å²) in [4.78, 5) is 24.2. The molecule has 43 heavy (non-hydrogen) atoms. The Labute approximate surface area is 251 Å². The van der Waals surface area contributed by atoms with E-state index >= 15 is 0 Å². The number of carbonyl (C=O) groups is 2. The number of aryl methyl sites for hydroxylation is 1. The van der Waals surface area contributed by atoms with E-state index in [0.717, 1.165) is 35.8 Å². The van der Waals surface area contributed by atoms with Crippen LogP contribution in [0.3, 0.4) is 0 Å². The first-order chi connectivity index (χ1) is 20.7. The Morgan fingerprint density at radius 1 is 0.814 bits per heavy atom. The smallest absolute Gasteiger partial charge is 0.335 e. The topological polar surface area (TPSA) is 71.1 Å². The lowest BCUT2D eigenvalue weighted by Crippen LogP contribution is -2.10. The number of ether oxygens (including phenoxy) is 4. The molecule has 0 N–H and O–H groups in total. The monoisotopic (exact) mass is 580 g/mol. The molecular weight excluding hydrogens is 547 g/mol. The number of hydrogen-bond acceptors (Lipinski definition) is 6. The highest BCUT2D eigenvalue weighted by atomic mass is 19.1. The summed E-state index contributed by atoms with van der Waals surface area (Å²) >= 11 is 0. The molecule has 3 aromatic rings. The van der Waals surface area contributed by atoms with Crippen LogP contribution in [0.15, 0.2) is 122 Å². The molecule has 0 atom stereocenters. The van der Waals surface area contributed by atoms with Crippen molar-refractivity contribution in [3.8, 4) is 34.1 Å². The summed E-state index contributed by atoms with van der Waals surface area (Å²) in [6.07, 6.45) is 5.89. The molecule has 0 bridgehead atoms. The second-order valence-corrected chi connectivity index (χ2v) is 9.99. The van der Waals surface area contributed by atoms with Gasteiger partial charge < -0.3 is 18.9 Å². The van der Waals surface area contributed by atoms with Gasteiger partial charge in [-0.2, -0.15) is 0 Å². The van der Waals surface area contributed by atoms with Crippen molar-refractivity contribution in [3.63, 3.8) is 0 Å². The summed E-state index contributed by atoms with van der Waals surface area (Å²) < 4.78 is 37.1. The maximum Gasteiger partial charge on any atom is 0.335 e. The minimum Gasteiger partial charge on any atom is -0.457 e. The van der Waals surface area contributed by atoms with Crippen molar-refractivity contribution in [1.82, 2.24) is 0 Å². The predicted octanol–water partition coefficient (Wildman–Crippen LogP) is 8.59. The van der Waals surface area contributed by atoms with Gasteiger partial charge >= 0.3 is 11.9 Å². The average molecular weight is 581 g/mol. The fraction of sp³-hybridized carbons (Fsp3) is 0.167. The minimum atomic E-state index is -0.655. The molecule has 6 nitrogen and oxygen atoms in total. The third-order valence-electron chi connectivity index (χ3n) is 6.70. The predicted molar refractivity (Wildman–Crippen MR) is 164 cm³/mol. The van der Waals surface area contributed by atoms with Gasteiger partial charge in [0.15, 0.2) is 23.1 Å². The van der Waals surface area contributed by atoms with Crippen LogP contribution in [0.5, 0.6) is 23.0 Å². The van der Waals surface area contributed by atoms with Crippen LogP contribution in [-0.2, 0) is 16.0 Å². The van der Waals surface area contributed by atoms with Gasteiger partial charge in [0.05, 0.1) is 0 Å². The third-order valence-corrected chi connectivity index (χ3v) is 6.70. The van der Waals surface area contributed by atoms with E-state index in [9.17, 15) is 14.0 Å². The summed E-state index contributed by atoms with van der Waals surface area (Å²) in [6.45, 7) is 16.6. The molecule has 0 spiro atoms. The Bertz CT molecular complexity index is 1610. The molecular formula is C36H33FO6. The van der Waals surface area contributed by atoms with Crippen molar-refractivity contribution in [2.45, 2.75) is 39.0 Å². The van der Waals surface area contributed by atoms with E-state index in [0.29, 0.717) is 16.9 Å². The van der Waals surface area contributed by atoms with E-state index in [-0.39, 0.29) is 35.8 Å². The lowest BCUT2D eigenvalue weighted by Gasteiger charge is -2.22. The molecule has 1 saturated carbocycles. The summed E-state index contributed by atoms with van der Waals surface area (Å²) in [5, 5.41) is 0. The van der Waals surface area contributed by atoms with Crippen LogP contribution in [0.25, 0.3) is 11.1 Å². The molecule has 7 heteroatoms. The number of halogens is 1. The van der Waals surface area contributed by atoms with E-state index < -0.39 is 17.8 Å². The van der Waals surface area contributed by atoms with Gasteiger partial charge in [0.1, 0.15) is 17.3 Å². The average Bonchev–Trinajstić information content (AvgIpc) is 2.97. The number of carbonyl (C=O) groups excluding carboxylic acids is 2. The molecule has 0 aromatic heterocycles. The van der Waals surface area contributed by atoms with Gasteiger partial charge in [-0.1, -0.05) is 50.6 Å². The number of hydrogen-bond donors (Lipinski definition) is 0. The van der Waals surface area contributed by atoms with Crippen LogP contribution in [0.2, 0.25) is 0 Å². The maximum atomic E-state index is 14.9. The maximum absolute atomic E-state index is 14.9. The second-order valence-electron chi connectivity index (χ2n) is 9.99. The Morgan fingerprint density at radius 3 is 2.12 bits per heavy atom. The molecule has 0 saturated heterocycles. The first-order valence-electron chi connectivity index (χ1n) is 13.8. The number of benzene rings is 3. The second kappa shape index (κ2) is 14.1. The van der Waals surface area contributed by atoms with E-state index in [1.54, 1.807) is 18.2 Å². The molecule has 1 aliphatic carbocycles. The van der Waals surface area contributed by atoms with Gasteiger partial charge in [-0.3, -0.25) is 4.79 Å². The Hall–Kier alpha value is -5.17. The lowest BCUT2D eigenvalue weighted by atomic mass is 9.90. The molecule has 4 rings (SSSR count). The SMILES string of the molecule is C=CC(=C)Oc1cc(CCC(=O)Oc2ccc(-c3ccc(OC(C(=C)C)=C4CCC4)cc3)cc2F)ccc1OC(=O)C=C. The van der Waals surface area contributed by atoms with Crippen LogP contribution in [0.1, 0.15) is 38.2 Å². The van der Waals surface area contributed by atoms with E-state index in [2.05, 4.69) is 26.3 Å². The summed E-state index contributed by atoms with van der Waals surface area (Å²) in [7, 11) is 0. The Kier molecular flexibility index (Phi) is 10.1. The van der Waals surface area contributed by atoms with Crippen molar-refractivity contribution in [1.29, 1.82) is 0 Å². The van der Waals surface area contributed by atoms with Gasteiger partial charge in [-0.15, -0.1) is 0 Å². The standard InChI is InChI=1S/C36H33FO6/c1-6-24(5)40-33-21-25(11-18-32(33)43-34(38)7-2)12-20-35(39)42-31-19-15-28(22-30(31)37)26-13-16-29(17-14-26)41-36(23(3)4)27-9-8-10-27/h6-7,11,13-19,21-22H,1-3,5,8-10,12,20H2,4H3. The fourth-order valence-electron chi connectivity index (χ4n) is 4.26. The quantitative estimate of drug-likeness (QED) is 0.0663. The summed E-state index contributed by atoms with van der Waals surface area (Å²) in [6, 6.07) is 16.7. The summed E-state index contributed by atoms with van der Waals surface area (Å²) in [5.41, 5.74) is 4.29. The highest BCUT2D eigenvalue weighted by molar-refractivity contribution is 5.84. The molecule has 0 radical (unpaired) electrons. The first kappa shape index (κ1) is 30.8. The Balaban J connectivity index is 1.37. The molecule has 3 aromatic carbocycles. The van der Waals surface area contributed by atoms with E-state index in [1.165, 1.54) is 36.3 Å². The molecule has 1 aliphatic rings. The third kappa shape index (κ3) is 8.20. The zero-order valence-electron chi connectivity index (χ0n) is 24.1. The van der Waals surface area contributed by atoms with Crippen LogP contribution in [-0.4, -0.2) is 11.9 Å². The van der Waals surface area contributed by atoms with Crippen molar-refractivity contribution >= 4 is 11.9 Å². The van der Waals surface area contributed by atoms with Crippen molar-refractivity contribution < 1.29 is 32.9 Å². The minimum absolute atomic E-state index is 0.0291. The molecule has 1 fully saturated rings. The normalized spacial score (nSPS) is 11.9. The van der Waals surface area contributed by atoms with Gasteiger partial charge in [-0.25, -0.2) is 9.18 Å². The lowest BCUT2D eigenvalue weighted by molar-refractivity contribution is -0.134. The van der Waals surface area contributed by atoms with Crippen LogP contribution >= 0.6 is 0 Å². The molecule has 220 valence electrons. The summed E-state index contributed by atoms with van der Waals surface area (Å²) in [5.74, 6) is 0.0703.